The average molecular weight is 262 g/mol. The third-order valence-electron chi connectivity index (χ3n) is 4.17. The second kappa shape index (κ2) is 6.23. The predicted molar refractivity (Wildman–Crippen MR) is 83.6 cm³/mol. The zero-order chi connectivity index (χ0) is 13.8. The Hall–Kier alpha value is -1.02. The van der Waals surface area contributed by atoms with Gasteiger partial charge in [0.05, 0.1) is 15.2 Å². The van der Waals surface area contributed by atoms with Crippen LogP contribution in [0.5, 0.6) is 5.75 Å². The second-order valence-corrected chi connectivity index (χ2v) is 10.9. The van der Waals surface area contributed by atoms with E-state index in [0.29, 0.717) is 11.1 Å². The smallest absolute Gasteiger partial charge is 0.118 e. The van der Waals surface area contributed by atoms with Gasteiger partial charge in [0.15, 0.2) is 0 Å². The summed E-state index contributed by atoms with van der Waals surface area (Å²) < 4.78 is 5.26. The summed E-state index contributed by atoms with van der Waals surface area (Å²) in [5.74, 6) is 0.938. The minimum absolute atomic E-state index is 0.712. The molecule has 100 valence electrons. The van der Waals surface area contributed by atoms with E-state index in [2.05, 4.69) is 64.6 Å². The van der Waals surface area contributed by atoms with Crippen molar-refractivity contribution in [2.45, 2.75) is 44.8 Å². The Bertz CT molecular complexity index is 371. The maximum absolute atomic E-state index is 5.26. The number of allylic oxidation sites excluding steroid dienone is 1. The van der Waals surface area contributed by atoms with Crippen LogP contribution >= 0.6 is 0 Å². The van der Waals surface area contributed by atoms with Crippen molar-refractivity contribution in [1.29, 1.82) is 0 Å². The van der Waals surface area contributed by atoms with Crippen molar-refractivity contribution in [2.75, 3.05) is 7.11 Å². The molecule has 18 heavy (non-hydrogen) atoms. The van der Waals surface area contributed by atoms with E-state index >= 15 is 0 Å². The molecule has 0 saturated carbocycles. The van der Waals surface area contributed by atoms with E-state index in [4.69, 9.17) is 4.74 Å². The monoisotopic (exact) mass is 262 g/mol. The first-order chi connectivity index (χ1) is 8.48. The first-order valence-corrected chi connectivity index (χ1v) is 9.10. The van der Waals surface area contributed by atoms with E-state index < -0.39 is 8.07 Å². The van der Waals surface area contributed by atoms with Crippen molar-refractivity contribution in [1.82, 2.24) is 0 Å². The van der Waals surface area contributed by atoms with Crippen LogP contribution in [-0.2, 0) is 0 Å². The highest BCUT2D eigenvalue weighted by molar-refractivity contribution is 6.94. The summed E-state index contributed by atoms with van der Waals surface area (Å²) >= 11 is 0. The van der Waals surface area contributed by atoms with Crippen LogP contribution in [0.2, 0.25) is 17.1 Å². The Morgan fingerprint density at radius 1 is 1.11 bits per heavy atom. The van der Waals surface area contributed by atoms with Gasteiger partial charge in [-0.2, -0.15) is 0 Å². The largest absolute Gasteiger partial charge is 0.497 e. The van der Waals surface area contributed by atoms with Crippen molar-refractivity contribution in [2.24, 2.45) is 0 Å². The molecular weight excluding hydrogens is 236 g/mol. The van der Waals surface area contributed by atoms with Gasteiger partial charge in [-0.15, -0.1) is 6.58 Å². The standard InChI is InChI=1S/C16H26OSi/c1-7-12-18(13(2)3,14(4)5)16-10-8-15(17-6)9-11-16/h7-11,13-14H,1,12H2,2-6H3. The lowest BCUT2D eigenvalue weighted by molar-refractivity contribution is 0.415. The molecule has 0 unspecified atom stereocenters. The summed E-state index contributed by atoms with van der Waals surface area (Å²) in [6, 6.07) is 9.84. The Morgan fingerprint density at radius 3 is 1.94 bits per heavy atom. The fraction of sp³-hybridized carbons (Fsp3) is 0.500. The summed E-state index contributed by atoms with van der Waals surface area (Å²) in [6.07, 6.45) is 2.11. The van der Waals surface area contributed by atoms with Crippen LogP contribution in [0.3, 0.4) is 0 Å². The molecule has 0 aliphatic rings. The van der Waals surface area contributed by atoms with Gasteiger partial charge < -0.3 is 4.74 Å². The van der Waals surface area contributed by atoms with E-state index in [0.717, 1.165) is 11.8 Å². The van der Waals surface area contributed by atoms with E-state index in [1.165, 1.54) is 5.19 Å². The highest BCUT2D eigenvalue weighted by Crippen LogP contribution is 2.36. The summed E-state index contributed by atoms with van der Waals surface area (Å²) in [5.41, 5.74) is 1.42. The molecule has 0 aliphatic carbocycles. The van der Waals surface area contributed by atoms with Crippen LogP contribution in [0.1, 0.15) is 27.7 Å². The van der Waals surface area contributed by atoms with Crippen LogP contribution in [0.25, 0.3) is 0 Å². The van der Waals surface area contributed by atoms with Crippen molar-refractivity contribution in [3.05, 3.63) is 36.9 Å². The molecule has 0 amide bonds. The number of methoxy groups -OCH3 is 1. The molecule has 0 fully saturated rings. The number of hydrogen-bond acceptors (Lipinski definition) is 1. The molecule has 0 spiro atoms. The molecule has 0 heterocycles. The van der Waals surface area contributed by atoms with E-state index in [9.17, 15) is 0 Å². The lowest BCUT2D eigenvalue weighted by Gasteiger charge is -2.39. The van der Waals surface area contributed by atoms with Gasteiger partial charge in [-0.05, 0) is 29.3 Å². The molecule has 1 aromatic carbocycles. The van der Waals surface area contributed by atoms with Gasteiger partial charge in [-0.3, -0.25) is 0 Å². The van der Waals surface area contributed by atoms with Crippen LogP contribution in [0, 0.1) is 0 Å². The minimum atomic E-state index is -1.54. The van der Waals surface area contributed by atoms with Crippen molar-refractivity contribution < 1.29 is 4.74 Å². The number of rotatable bonds is 6. The summed E-state index contributed by atoms with van der Waals surface area (Å²) in [7, 11) is 0.181. The van der Waals surface area contributed by atoms with E-state index in [-0.39, 0.29) is 0 Å². The van der Waals surface area contributed by atoms with Gasteiger partial charge in [0.1, 0.15) is 5.75 Å². The molecule has 1 rings (SSSR count). The van der Waals surface area contributed by atoms with Gasteiger partial charge in [-0.1, -0.05) is 51.1 Å². The third-order valence-corrected chi connectivity index (χ3v) is 10.7. The molecule has 2 heteroatoms. The van der Waals surface area contributed by atoms with E-state index in [1.54, 1.807) is 7.11 Å². The predicted octanol–water partition coefficient (Wildman–Crippen LogP) is 4.36. The molecule has 0 bridgehead atoms. The van der Waals surface area contributed by atoms with Crippen molar-refractivity contribution in [3.8, 4) is 5.75 Å². The van der Waals surface area contributed by atoms with Crippen LogP contribution in [0.15, 0.2) is 36.9 Å². The van der Waals surface area contributed by atoms with Gasteiger partial charge in [0.2, 0.25) is 0 Å². The Kier molecular flexibility index (Phi) is 5.21. The van der Waals surface area contributed by atoms with Gasteiger partial charge >= 0.3 is 0 Å². The first-order valence-electron chi connectivity index (χ1n) is 6.74. The number of ether oxygens (including phenoxy) is 1. The van der Waals surface area contributed by atoms with Gasteiger partial charge in [0, 0.05) is 0 Å². The minimum Gasteiger partial charge on any atom is -0.497 e. The lowest BCUT2D eigenvalue weighted by atomic mass is 10.3. The fourth-order valence-electron chi connectivity index (χ4n) is 3.06. The second-order valence-electron chi connectivity index (χ2n) is 5.57. The maximum Gasteiger partial charge on any atom is 0.118 e. The first kappa shape index (κ1) is 15.0. The Balaban J connectivity index is 3.26. The zero-order valence-corrected chi connectivity index (χ0v) is 13.4. The van der Waals surface area contributed by atoms with Crippen LogP contribution in [-0.4, -0.2) is 15.2 Å². The van der Waals surface area contributed by atoms with Crippen molar-refractivity contribution >= 4 is 13.3 Å². The summed E-state index contributed by atoms with van der Waals surface area (Å²) in [4.78, 5) is 0. The molecule has 0 N–H and O–H groups in total. The molecule has 0 saturated heterocycles. The number of benzene rings is 1. The highest BCUT2D eigenvalue weighted by Gasteiger charge is 2.40. The summed E-state index contributed by atoms with van der Waals surface area (Å²) in [5, 5.41) is 1.52. The maximum atomic E-state index is 5.26. The number of hydrogen-bond donors (Lipinski definition) is 0. The Labute approximate surface area is 113 Å². The van der Waals surface area contributed by atoms with Gasteiger partial charge in [-0.25, -0.2) is 0 Å². The topological polar surface area (TPSA) is 9.23 Å². The van der Waals surface area contributed by atoms with Crippen LogP contribution in [0.4, 0.5) is 0 Å². The summed E-state index contributed by atoms with van der Waals surface area (Å²) in [6.45, 7) is 13.4. The lowest BCUT2D eigenvalue weighted by Crippen LogP contribution is -2.52. The molecule has 0 atom stereocenters. The average Bonchev–Trinajstić information content (AvgIpc) is 2.35. The third kappa shape index (κ3) is 2.69. The molecule has 1 aromatic rings. The quantitative estimate of drug-likeness (QED) is 0.547. The van der Waals surface area contributed by atoms with Crippen LogP contribution < -0.4 is 9.92 Å². The molecular formula is C16H26OSi. The van der Waals surface area contributed by atoms with Crippen molar-refractivity contribution in [3.63, 3.8) is 0 Å². The van der Waals surface area contributed by atoms with Gasteiger partial charge in [0.25, 0.3) is 0 Å². The fourth-order valence-corrected chi connectivity index (χ4v) is 8.17. The Morgan fingerprint density at radius 2 is 1.61 bits per heavy atom. The molecule has 0 aliphatic heterocycles. The molecule has 0 aromatic heterocycles. The normalized spacial score (nSPS) is 11.9. The molecule has 0 radical (unpaired) electrons. The zero-order valence-electron chi connectivity index (χ0n) is 12.4. The SMILES string of the molecule is C=CC[Si](c1ccc(OC)cc1)(C(C)C)C(C)C. The van der Waals surface area contributed by atoms with E-state index in [1.807, 2.05) is 0 Å². The highest BCUT2D eigenvalue weighted by atomic mass is 28.3. The molecule has 1 nitrogen and oxygen atoms in total.